The van der Waals surface area contributed by atoms with E-state index in [9.17, 15) is 8.78 Å². The Labute approximate surface area is 125 Å². The van der Waals surface area contributed by atoms with Crippen molar-refractivity contribution >= 4 is 17.3 Å². The zero-order valence-corrected chi connectivity index (χ0v) is 11.9. The fraction of sp³-hybridized carbons (Fsp3) is 0.133. The van der Waals surface area contributed by atoms with Crippen LogP contribution in [0.15, 0.2) is 41.6 Å². The van der Waals surface area contributed by atoms with Crippen molar-refractivity contribution in [2.24, 2.45) is 5.16 Å². The van der Waals surface area contributed by atoms with Gasteiger partial charge in [-0.05, 0) is 37.3 Å². The van der Waals surface area contributed by atoms with Crippen molar-refractivity contribution in [1.29, 1.82) is 0 Å². The Hall–Kier alpha value is -2.14. The summed E-state index contributed by atoms with van der Waals surface area (Å²) in [6, 6.07) is 7.83. The number of ether oxygens (including phenoxy) is 1. The second kappa shape index (κ2) is 6.54. The van der Waals surface area contributed by atoms with E-state index in [1.807, 2.05) is 0 Å². The summed E-state index contributed by atoms with van der Waals surface area (Å²) < 4.78 is 31.8. The van der Waals surface area contributed by atoms with Crippen LogP contribution < -0.4 is 4.74 Å². The number of rotatable bonds is 4. The molecular formula is C15H12ClF2NO2. The summed E-state index contributed by atoms with van der Waals surface area (Å²) in [5.41, 5.74) is 1.14. The molecule has 0 aliphatic rings. The molecule has 1 N–H and O–H groups in total. The normalized spacial score (nSPS) is 11.5. The van der Waals surface area contributed by atoms with Gasteiger partial charge in [-0.1, -0.05) is 22.8 Å². The van der Waals surface area contributed by atoms with Gasteiger partial charge in [0.25, 0.3) is 0 Å². The van der Waals surface area contributed by atoms with Gasteiger partial charge in [0.15, 0.2) is 0 Å². The third kappa shape index (κ3) is 3.70. The molecule has 0 aliphatic heterocycles. The SMILES string of the molecule is C/C(=N/O)c1cc(F)ccc1OCc1ccc(F)cc1Cl. The maximum atomic E-state index is 13.3. The average Bonchev–Trinajstić information content (AvgIpc) is 2.46. The van der Waals surface area contributed by atoms with E-state index in [0.717, 1.165) is 0 Å². The van der Waals surface area contributed by atoms with Crippen LogP contribution in [0.5, 0.6) is 5.75 Å². The van der Waals surface area contributed by atoms with E-state index in [1.54, 1.807) is 0 Å². The Bertz CT molecular complexity index is 689. The van der Waals surface area contributed by atoms with E-state index in [2.05, 4.69) is 5.16 Å². The highest BCUT2D eigenvalue weighted by atomic mass is 35.5. The molecule has 0 spiro atoms. The van der Waals surface area contributed by atoms with Crippen molar-refractivity contribution in [3.8, 4) is 5.75 Å². The van der Waals surface area contributed by atoms with Crippen molar-refractivity contribution in [3.63, 3.8) is 0 Å². The summed E-state index contributed by atoms with van der Waals surface area (Å²) in [4.78, 5) is 0. The van der Waals surface area contributed by atoms with Crippen molar-refractivity contribution in [1.82, 2.24) is 0 Å². The lowest BCUT2D eigenvalue weighted by Gasteiger charge is -2.12. The van der Waals surface area contributed by atoms with Crippen LogP contribution >= 0.6 is 11.6 Å². The van der Waals surface area contributed by atoms with Gasteiger partial charge in [0, 0.05) is 11.1 Å². The first-order chi connectivity index (χ1) is 10.0. The number of hydrogen-bond acceptors (Lipinski definition) is 3. The average molecular weight is 312 g/mol. The van der Waals surface area contributed by atoms with E-state index in [4.69, 9.17) is 21.5 Å². The molecular weight excluding hydrogens is 300 g/mol. The molecule has 0 unspecified atom stereocenters. The first-order valence-corrected chi connectivity index (χ1v) is 6.44. The summed E-state index contributed by atoms with van der Waals surface area (Å²) in [6.45, 7) is 1.60. The van der Waals surface area contributed by atoms with Crippen LogP contribution in [-0.4, -0.2) is 10.9 Å². The van der Waals surface area contributed by atoms with Gasteiger partial charge in [-0.15, -0.1) is 0 Å². The molecule has 3 nitrogen and oxygen atoms in total. The molecule has 2 rings (SSSR count). The summed E-state index contributed by atoms with van der Waals surface area (Å²) in [6.07, 6.45) is 0. The Morgan fingerprint density at radius 2 is 1.86 bits per heavy atom. The highest BCUT2D eigenvalue weighted by Gasteiger charge is 2.10. The van der Waals surface area contributed by atoms with E-state index >= 15 is 0 Å². The van der Waals surface area contributed by atoms with Crippen LogP contribution in [0.25, 0.3) is 0 Å². The van der Waals surface area contributed by atoms with Crippen LogP contribution in [0.1, 0.15) is 18.1 Å². The second-order valence-corrected chi connectivity index (χ2v) is 4.76. The fourth-order valence-electron chi connectivity index (χ4n) is 1.76. The van der Waals surface area contributed by atoms with Gasteiger partial charge in [-0.2, -0.15) is 0 Å². The molecule has 6 heteroatoms. The molecule has 0 aromatic heterocycles. The first kappa shape index (κ1) is 15.3. The lowest BCUT2D eigenvalue weighted by molar-refractivity contribution is 0.302. The van der Waals surface area contributed by atoms with E-state index in [0.29, 0.717) is 16.9 Å². The highest BCUT2D eigenvalue weighted by Crippen LogP contribution is 2.24. The van der Waals surface area contributed by atoms with Crippen molar-refractivity contribution in [2.75, 3.05) is 0 Å². The molecule has 0 fully saturated rings. The fourth-order valence-corrected chi connectivity index (χ4v) is 1.98. The highest BCUT2D eigenvalue weighted by molar-refractivity contribution is 6.31. The van der Waals surface area contributed by atoms with Crippen LogP contribution in [0.2, 0.25) is 5.02 Å². The maximum absolute atomic E-state index is 13.3. The minimum absolute atomic E-state index is 0.0798. The topological polar surface area (TPSA) is 41.8 Å². The Morgan fingerprint density at radius 3 is 2.52 bits per heavy atom. The largest absolute Gasteiger partial charge is 0.488 e. The Balaban J connectivity index is 2.24. The van der Waals surface area contributed by atoms with Gasteiger partial charge < -0.3 is 9.94 Å². The Kier molecular flexibility index (Phi) is 4.75. The van der Waals surface area contributed by atoms with E-state index < -0.39 is 11.6 Å². The van der Waals surface area contributed by atoms with Crippen molar-refractivity contribution in [2.45, 2.75) is 13.5 Å². The molecule has 2 aromatic carbocycles. The van der Waals surface area contributed by atoms with E-state index in [1.165, 1.54) is 43.3 Å². The van der Waals surface area contributed by atoms with Gasteiger partial charge in [0.05, 0.1) is 10.7 Å². The smallest absolute Gasteiger partial charge is 0.129 e. The zero-order valence-electron chi connectivity index (χ0n) is 11.1. The zero-order chi connectivity index (χ0) is 15.4. The predicted molar refractivity (Wildman–Crippen MR) is 76.1 cm³/mol. The maximum Gasteiger partial charge on any atom is 0.129 e. The lowest BCUT2D eigenvalue weighted by atomic mass is 10.1. The minimum atomic E-state index is -0.472. The molecule has 21 heavy (non-hydrogen) atoms. The molecule has 0 saturated heterocycles. The van der Waals surface area contributed by atoms with Crippen molar-refractivity contribution < 1.29 is 18.7 Å². The number of halogens is 3. The van der Waals surface area contributed by atoms with Gasteiger partial charge in [0.1, 0.15) is 24.0 Å². The van der Waals surface area contributed by atoms with Gasteiger partial charge >= 0.3 is 0 Å². The van der Waals surface area contributed by atoms with Crippen LogP contribution in [0, 0.1) is 11.6 Å². The predicted octanol–water partition coefficient (Wildman–Crippen LogP) is 4.40. The standard InChI is InChI=1S/C15H12ClF2NO2/c1-9(19-20)13-6-11(17)4-5-15(13)21-8-10-2-3-12(18)7-14(10)16/h2-7,20H,8H2,1H3/b19-9-. The minimum Gasteiger partial charge on any atom is -0.488 e. The number of oxime groups is 1. The summed E-state index contributed by atoms with van der Waals surface area (Å²) >= 11 is 5.91. The van der Waals surface area contributed by atoms with Gasteiger partial charge in [-0.3, -0.25) is 0 Å². The molecule has 0 bridgehead atoms. The molecule has 0 atom stereocenters. The quantitative estimate of drug-likeness (QED) is 0.517. The molecule has 0 heterocycles. The molecule has 0 aliphatic carbocycles. The third-order valence-electron chi connectivity index (χ3n) is 2.88. The van der Waals surface area contributed by atoms with Gasteiger partial charge in [0.2, 0.25) is 0 Å². The van der Waals surface area contributed by atoms with Gasteiger partial charge in [-0.25, -0.2) is 8.78 Å². The summed E-state index contributed by atoms with van der Waals surface area (Å²) in [5, 5.41) is 12.1. The van der Waals surface area contributed by atoms with Crippen molar-refractivity contribution in [3.05, 3.63) is 64.2 Å². The first-order valence-electron chi connectivity index (χ1n) is 6.06. The van der Waals surface area contributed by atoms with Crippen LogP contribution in [0.4, 0.5) is 8.78 Å². The Morgan fingerprint density at radius 1 is 1.19 bits per heavy atom. The lowest BCUT2D eigenvalue weighted by Crippen LogP contribution is -2.03. The van der Waals surface area contributed by atoms with Crippen LogP contribution in [0.3, 0.4) is 0 Å². The number of hydrogen-bond donors (Lipinski definition) is 1. The number of nitrogens with zero attached hydrogens (tertiary/aromatic N) is 1. The van der Waals surface area contributed by atoms with E-state index in [-0.39, 0.29) is 17.3 Å². The molecule has 2 aromatic rings. The molecule has 0 saturated carbocycles. The molecule has 110 valence electrons. The third-order valence-corrected chi connectivity index (χ3v) is 3.23. The monoisotopic (exact) mass is 311 g/mol. The summed E-state index contributed by atoms with van der Waals surface area (Å²) in [7, 11) is 0. The van der Waals surface area contributed by atoms with Crippen LogP contribution in [-0.2, 0) is 6.61 Å². The molecule has 0 amide bonds. The summed E-state index contributed by atoms with van der Waals surface area (Å²) in [5.74, 6) is -0.568. The molecule has 0 radical (unpaired) electrons. The second-order valence-electron chi connectivity index (χ2n) is 4.35. The number of benzene rings is 2.